The first-order valence-corrected chi connectivity index (χ1v) is 3.65. The molecule has 0 radical (unpaired) electrons. The zero-order chi connectivity index (χ0) is 8.48. The molecule has 0 heterocycles. The number of hydrogen-bond acceptors (Lipinski definition) is 3. The molecule has 2 atom stereocenters. The minimum absolute atomic E-state index is 0.0925. The summed E-state index contributed by atoms with van der Waals surface area (Å²) in [5.41, 5.74) is 4.98. The Bertz CT molecular complexity index is 191. The average Bonchev–Trinajstić information content (AvgIpc) is 2.00. The first-order valence-electron chi connectivity index (χ1n) is 3.65. The molecule has 3 heteroatoms. The fourth-order valence-corrected chi connectivity index (χ4v) is 1.39. The average molecular weight is 155 g/mol. The van der Waals surface area contributed by atoms with Crippen LogP contribution in [0.15, 0.2) is 12.7 Å². The van der Waals surface area contributed by atoms with Gasteiger partial charge >= 0.3 is 5.97 Å². The second-order valence-corrected chi connectivity index (χ2v) is 2.91. The van der Waals surface area contributed by atoms with E-state index in [-0.39, 0.29) is 11.9 Å². The Hall–Kier alpha value is -0.830. The predicted molar refractivity (Wildman–Crippen MR) is 41.9 cm³/mol. The summed E-state index contributed by atoms with van der Waals surface area (Å²) in [7, 11) is 1.36. The third-order valence-electron chi connectivity index (χ3n) is 2.38. The minimum atomic E-state index is -0.781. The molecule has 2 N–H and O–H groups in total. The molecule has 11 heavy (non-hydrogen) atoms. The van der Waals surface area contributed by atoms with Gasteiger partial charge in [0.05, 0.1) is 7.11 Å². The van der Waals surface area contributed by atoms with Gasteiger partial charge in [-0.2, -0.15) is 0 Å². The Morgan fingerprint density at radius 1 is 1.91 bits per heavy atom. The number of ether oxygens (including phenoxy) is 1. The van der Waals surface area contributed by atoms with Crippen molar-refractivity contribution >= 4 is 5.97 Å². The lowest BCUT2D eigenvalue weighted by Gasteiger charge is -2.42. The Morgan fingerprint density at radius 3 is 2.82 bits per heavy atom. The highest BCUT2D eigenvalue weighted by molar-refractivity contribution is 5.82. The molecule has 0 unspecified atom stereocenters. The summed E-state index contributed by atoms with van der Waals surface area (Å²) in [6.07, 6.45) is 3.37. The summed E-state index contributed by atoms with van der Waals surface area (Å²) in [5, 5.41) is 0. The molecular formula is C8H13NO2. The summed E-state index contributed by atoms with van der Waals surface area (Å²) in [5.74, 6) is -0.233. The van der Waals surface area contributed by atoms with Crippen LogP contribution in [0.25, 0.3) is 0 Å². The van der Waals surface area contributed by atoms with E-state index in [0.29, 0.717) is 6.42 Å². The maximum Gasteiger partial charge on any atom is 0.326 e. The molecule has 0 saturated heterocycles. The van der Waals surface area contributed by atoms with E-state index in [1.165, 1.54) is 7.11 Å². The molecule has 0 amide bonds. The van der Waals surface area contributed by atoms with Crippen LogP contribution in [-0.2, 0) is 9.53 Å². The monoisotopic (exact) mass is 155 g/mol. The van der Waals surface area contributed by atoms with E-state index in [2.05, 4.69) is 11.3 Å². The summed E-state index contributed by atoms with van der Waals surface area (Å²) in [6.45, 7) is 3.61. The number of rotatable bonds is 2. The maximum atomic E-state index is 11.1. The molecule has 1 saturated carbocycles. The third kappa shape index (κ3) is 1.05. The summed E-state index contributed by atoms with van der Waals surface area (Å²) < 4.78 is 4.58. The molecule has 1 rings (SSSR count). The van der Waals surface area contributed by atoms with Gasteiger partial charge in [0.2, 0.25) is 0 Å². The van der Waals surface area contributed by atoms with E-state index in [1.807, 2.05) is 0 Å². The van der Waals surface area contributed by atoms with Crippen LogP contribution < -0.4 is 5.73 Å². The highest BCUT2D eigenvalue weighted by atomic mass is 16.5. The first-order chi connectivity index (χ1) is 5.15. The van der Waals surface area contributed by atoms with Crippen molar-refractivity contribution in [2.45, 2.75) is 18.4 Å². The Morgan fingerprint density at radius 2 is 2.55 bits per heavy atom. The van der Waals surface area contributed by atoms with Crippen LogP contribution >= 0.6 is 0 Å². The van der Waals surface area contributed by atoms with Gasteiger partial charge in [-0.3, -0.25) is 4.79 Å². The van der Waals surface area contributed by atoms with Gasteiger partial charge in [0.1, 0.15) is 5.54 Å². The normalized spacial score (nSPS) is 35.6. The Kier molecular flexibility index (Phi) is 2.00. The highest BCUT2D eigenvalue weighted by Crippen LogP contribution is 2.37. The van der Waals surface area contributed by atoms with E-state index in [0.717, 1.165) is 6.42 Å². The van der Waals surface area contributed by atoms with Crippen molar-refractivity contribution in [2.75, 3.05) is 7.11 Å². The lowest BCUT2D eigenvalue weighted by Crippen LogP contribution is -2.60. The van der Waals surface area contributed by atoms with Gasteiger partial charge in [-0.1, -0.05) is 6.08 Å². The van der Waals surface area contributed by atoms with Crippen LogP contribution in [0.5, 0.6) is 0 Å². The summed E-state index contributed by atoms with van der Waals surface area (Å²) in [6, 6.07) is 0. The predicted octanol–water partition coefficient (Wildman–Crippen LogP) is 0.453. The smallest absolute Gasteiger partial charge is 0.326 e. The molecular weight excluding hydrogens is 142 g/mol. The number of nitrogens with two attached hydrogens (primary N) is 1. The number of esters is 1. The van der Waals surface area contributed by atoms with Crippen LogP contribution in [0.2, 0.25) is 0 Å². The summed E-state index contributed by atoms with van der Waals surface area (Å²) >= 11 is 0. The van der Waals surface area contributed by atoms with Crippen molar-refractivity contribution in [3.63, 3.8) is 0 Å². The first kappa shape index (κ1) is 8.27. The van der Waals surface area contributed by atoms with Crippen LogP contribution in [0.1, 0.15) is 12.8 Å². The molecule has 1 aliphatic carbocycles. The number of methoxy groups -OCH3 is 1. The largest absolute Gasteiger partial charge is 0.468 e. The van der Waals surface area contributed by atoms with E-state index in [9.17, 15) is 4.79 Å². The Labute approximate surface area is 66.2 Å². The third-order valence-corrected chi connectivity index (χ3v) is 2.38. The second kappa shape index (κ2) is 2.66. The van der Waals surface area contributed by atoms with E-state index in [4.69, 9.17) is 5.73 Å². The van der Waals surface area contributed by atoms with Crippen molar-refractivity contribution in [1.82, 2.24) is 0 Å². The fraction of sp³-hybridized carbons (Fsp3) is 0.625. The molecule has 0 spiro atoms. The zero-order valence-corrected chi connectivity index (χ0v) is 6.67. The molecule has 62 valence electrons. The van der Waals surface area contributed by atoms with Crippen LogP contribution in [0, 0.1) is 5.92 Å². The topological polar surface area (TPSA) is 52.3 Å². The van der Waals surface area contributed by atoms with Gasteiger partial charge in [0, 0.05) is 5.92 Å². The van der Waals surface area contributed by atoms with Gasteiger partial charge in [0.15, 0.2) is 0 Å². The molecule has 0 aromatic heterocycles. The van der Waals surface area contributed by atoms with Crippen LogP contribution in [0.3, 0.4) is 0 Å². The lowest BCUT2D eigenvalue weighted by atomic mass is 9.67. The fourth-order valence-electron chi connectivity index (χ4n) is 1.39. The van der Waals surface area contributed by atoms with Gasteiger partial charge in [-0.05, 0) is 12.8 Å². The molecule has 0 aromatic rings. The molecule has 0 bridgehead atoms. The Balaban J connectivity index is 2.67. The second-order valence-electron chi connectivity index (χ2n) is 2.91. The molecule has 0 aromatic carbocycles. The standard InChI is InChI=1S/C8H13NO2/c1-3-6-4-5-8(6,9)7(10)11-2/h3,6H,1,4-5,9H2,2H3/t6-,8-/m1/s1. The van der Waals surface area contributed by atoms with Gasteiger partial charge in [-0.25, -0.2) is 0 Å². The molecule has 1 fully saturated rings. The van der Waals surface area contributed by atoms with Crippen molar-refractivity contribution in [3.8, 4) is 0 Å². The van der Waals surface area contributed by atoms with Crippen molar-refractivity contribution in [3.05, 3.63) is 12.7 Å². The number of carbonyl (C=O) groups excluding carboxylic acids is 1. The highest BCUT2D eigenvalue weighted by Gasteiger charge is 2.48. The SMILES string of the molecule is C=C[C@@H]1CC[C@]1(N)C(=O)OC. The van der Waals surface area contributed by atoms with Crippen molar-refractivity contribution in [1.29, 1.82) is 0 Å². The molecule has 3 nitrogen and oxygen atoms in total. The lowest BCUT2D eigenvalue weighted by molar-refractivity contribution is -0.152. The van der Waals surface area contributed by atoms with E-state index >= 15 is 0 Å². The van der Waals surface area contributed by atoms with E-state index in [1.54, 1.807) is 6.08 Å². The molecule has 0 aliphatic heterocycles. The van der Waals surface area contributed by atoms with Gasteiger partial charge < -0.3 is 10.5 Å². The zero-order valence-electron chi connectivity index (χ0n) is 6.67. The minimum Gasteiger partial charge on any atom is -0.468 e. The maximum absolute atomic E-state index is 11.1. The molecule has 1 aliphatic rings. The van der Waals surface area contributed by atoms with Crippen molar-refractivity contribution in [2.24, 2.45) is 11.7 Å². The van der Waals surface area contributed by atoms with E-state index < -0.39 is 5.54 Å². The summed E-state index contributed by atoms with van der Waals surface area (Å²) in [4.78, 5) is 11.1. The number of hydrogen-bond donors (Lipinski definition) is 1. The van der Waals surface area contributed by atoms with Crippen LogP contribution in [-0.4, -0.2) is 18.6 Å². The quantitative estimate of drug-likeness (QED) is 0.465. The van der Waals surface area contributed by atoms with Gasteiger partial charge in [0.25, 0.3) is 0 Å². The van der Waals surface area contributed by atoms with Gasteiger partial charge in [-0.15, -0.1) is 6.58 Å². The number of carbonyl (C=O) groups is 1. The van der Waals surface area contributed by atoms with Crippen molar-refractivity contribution < 1.29 is 9.53 Å². The van der Waals surface area contributed by atoms with Crippen LogP contribution in [0.4, 0.5) is 0 Å².